The molecule has 0 atom stereocenters. The highest BCUT2D eigenvalue weighted by Gasteiger charge is 2.19. The van der Waals surface area contributed by atoms with E-state index in [1.165, 1.54) is 16.8 Å². The molecule has 0 amide bonds. The predicted octanol–water partition coefficient (Wildman–Crippen LogP) is 4.82. The van der Waals surface area contributed by atoms with Gasteiger partial charge >= 0.3 is 0 Å². The molecule has 4 rings (SSSR count). The standard InChI is InChI=1S/C27H36N4O/c1-4-9-25-27(23-11-6-5-7-12-23)29-26(32-25)20-28-14-15-30-16-18-31(19-17-30)24-13-8-10-21(2)22(24)3/h5-8,10-13,28H,4,9,14-20H2,1-3H3. The number of hydrogen-bond acceptors (Lipinski definition) is 5. The van der Waals surface area contributed by atoms with Gasteiger partial charge in [-0.05, 0) is 37.5 Å². The van der Waals surface area contributed by atoms with E-state index in [-0.39, 0.29) is 0 Å². The minimum Gasteiger partial charge on any atom is -0.444 e. The summed E-state index contributed by atoms with van der Waals surface area (Å²) in [5, 5.41) is 3.53. The van der Waals surface area contributed by atoms with Crippen molar-refractivity contribution in [1.82, 2.24) is 15.2 Å². The normalized spacial score (nSPS) is 14.8. The summed E-state index contributed by atoms with van der Waals surface area (Å²) in [6.45, 7) is 13.7. The Balaban J connectivity index is 1.24. The molecule has 1 saturated heterocycles. The number of anilines is 1. The van der Waals surface area contributed by atoms with Crippen LogP contribution in [0.4, 0.5) is 5.69 Å². The van der Waals surface area contributed by atoms with E-state index in [2.05, 4.69) is 78.4 Å². The van der Waals surface area contributed by atoms with Crippen LogP contribution in [0.2, 0.25) is 0 Å². The molecule has 2 aromatic carbocycles. The number of benzene rings is 2. The summed E-state index contributed by atoms with van der Waals surface area (Å²) in [7, 11) is 0. The largest absolute Gasteiger partial charge is 0.444 e. The molecule has 2 heterocycles. The Morgan fingerprint density at radius 2 is 1.75 bits per heavy atom. The second-order valence-electron chi connectivity index (χ2n) is 8.72. The quantitative estimate of drug-likeness (QED) is 0.491. The molecule has 0 radical (unpaired) electrons. The Kier molecular flexibility index (Phi) is 7.61. The van der Waals surface area contributed by atoms with Gasteiger partial charge in [0.2, 0.25) is 5.89 Å². The average Bonchev–Trinajstić information content (AvgIpc) is 3.23. The Labute approximate surface area is 192 Å². The fourth-order valence-electron chi connectivity index (χ4n) is 4.42. The van der Waals surface area contributed by atoms with Crippen LogP contribution in [0.15, 0.2) is 52.9 Å². The number of rotatable bonds is 9. The molecular weight excluding hydrogens is 396 g/mol. The lowest BCUT2D eigenvalue weighted by atomic mass is 10.1. The molecule has 1 N–H and O–H groups in total. The van der Waals surface area contributed by atoms with Gasteiger partial charge in [-0.2, -0.15) is 0 Å². The van der Waals surface area contributed by atoms with Gasteiger partial charge in [0.05, 0.1) is 6.54 Å². The van der Waals surface area contributed by atoms with Crippen LogP contribution in [0.3, 0.4) is 0 Å². The molecule has 5 nitrogen and oxygen atoms in total. The van der Waals surface area contributed by atoms with E-state index in [0.29, 0.717) is 6.54 Å². The maximum Gasteiger partial charge on any atom is 0.208 e. The Bertz CT molecular complexity index is 990. The number of nitrogens with one attached hydrogen (secondary N) is 1. The van der Waals surface area contributed by atoms with Crippen LogP contribution in [0.1, 0.15) is 36.1 Å². The number of nitrogens with zero attached hydrogens (tertiary/aromatic N) is 3. The minimum absolute atomic E-state index is 0.673. The molecule has 32 heavy (non-hydrogen) atoms. The second kappa shape index (κ2) is 10.8. The van der Waals surface area contributed by atoms with Crippen LogP contribution in [0, 0.1) is 13.8 Å². The smallest absolute Gasteiger partial charge is 0.208 e. The van der Waals surface area contributed by atoms with Crippen molar-refractivity contribution in [3.05, 3.63) is 71.3 Å². The maximum absolute atomic E-state index is 6.09. The maximum atomic E-state index is 6.09. The molecule has 3 aromatic rings. The van der Waals surface area contributed by atoms with Crippen molar-refractivity contribution in [2.24, 2.45) is 0 Å². The van der Waals surface area contributed by atoms with Gasteiger partial charge in [-0.25, -0.2) is 4.98 Å². The highest BCUT2D eigenvalue weighted by molar-refractivity contribution is 5.61. The summed E-state index contributed by atoms with van der Waals surface area (Å²) in [6.07, 6.45) is 1.97. The van der Waals surface area contributed by atoms with Crippen molar-refractivity contribution >= 4 is 5.69 Å². The van der Waals surface area contributed by atoms with Gasteiger partial charge in [-0.1, -0.05) is 49.4 Å². The number of oxazole rings is 1. The minimum atomic E-state index is 0.673. The summed E-state index contributed by atoms with van der Waals surface area (Å²) < 4.78 is 6.09. The molecule has 1 aliphatic heterocycles. The summed E-state index contributed by atoms with van der Waals surface area (Å²) in [6, 6.07) is 17.0. The first-order valence-corrected chi connectivity index (χ1v) is 11.9. The van der Waals surface area contributed by atoms with Gasteiger partial charge in [0.1, 0.15) is 11.5 Å². The molecule has 0 bridgehead atoms. The van der Waals surface area contributed by atoms with Gasteiger partial charge in [-0.15, -0.1) is 0 Å². The Hall–Kier alpha value is -2.63. The van der Waals surface area contributed by atoms with E-state index in [0.717, 1.165) is 75.0 Å². The molecule has 0 aliphatic carbocycles. The molecule has 1 aliphatic rings. The molecular formula is C27H36N4O. The van der Waals surface area contributed by atoms with E-state index in [1.807, 2.05) is 6.07 Å². The van der Waals surface area contributed by atoms with Gasteiger partial charge in [-0.3, -0.25) is 4.90 Å². The molecule has 170 valence electrons. The Morgan fingerprint density at radius 3 is 2.50 bits per heavy atom. The lowest BCUT2D eigenvalue weighted by Gasteiger charge is -2.37. The van der Waals surface area contributed by atoms with Crippen molar-refractivity contribution in [3.8, 4) is 11.3 Å². The predicted molar refractivity (Wildman–Crippen MR) is 132 cm³/mol. The fourth-order valence-corrected chi connectivity index (χ4v) is 4.42. The highest BCUT2D eigenvalue weighted by atomic mass is 16.4. The lowest BCUT2D eigenvalue weighted by Crippen LogP contribution is -2.48. The van der Waals surface area contributed by atoms with Gasteiger partial charge in [0.25, 0.3) is 0 Å². The Morgan fingerprint density at radius 1 is 0.969 bits per heavy atom. The van der Waals surface area contributed by atoms with Gasteiger partial charge in [0, 0.05) is 56.9 Å². The van der Waals surface area contributed by atoms with E-state index >= 15 is 0 Å². The average molecular weight is 433 g/mol. The van der Waals surface area contributed by atoms with Crippen molar-refractivity contribution < 1.29 is 4.42 Å². The van der Waals surface area contributed by atoms with Crippen molar-refractivity contribution in [2.45, 2.75) is 40.2 Å². The van der Waals surface area contributed by atoms with E-state index in [9.17, 15) is 0 Å². The van der Waals surface area contributed by atoms with E-state index < -0.39 is 0 Å². The third-order valence-electron chi connectivity index (χ3n) is 6.44. The zero-order chi connectivity index (χ0) is 22.3. The highest BCUT2D eigenvalue weighted by Crippen LogP contribution is 2.25. The molecule has 0 unspecified atom stereocenters. The SMILES string of the molecule is CCCc1oc(CNCCN2CCN(c3cccc(C)c3C)CC2)nc1-c1ccccc1. The number of aromatic nitrogens is 1. The van der Waals surface area contributed by atoms with E-state index in [4.69, 9.17) is 9.40 Å². The molecule has 1 aromatic heterocycles. The number of piperazine rings is 1. The summed E-state index contributed by atoms with van der Waals surface area (Å²) in [5.41, 5.74) is 6.30. The zero-order valence-electron chi connectivity index (χ0n) is 19.7. The third kappa shape index (κ3) is 5.40. The second-order valence-corrected chi connectivity index (χ2v) is 8.72. The topological polar surface area (TPSA) is 44.5 Å². The molecule has 0 saturated carbocycles. The van der Waals surface area contributed by atoms with Crippen LogP contribution in [0.5, 0.6) is 0 Å². The molecule has 0 spiro atoms. The molecule has 1 fully saturated rings. The van der Waals surface area contributed by atoms with Gasteiger partial charge < -0.3 is 14.6 Å². The van der Waals surface area contributed by atoms with Crippen LogP contribution < -0.4 is 10.2 Å². The van der Waals surface area contributed by atoms with Crippen LogP contribution in [0.25, 0.3) is 11.3 Å². The van der Waals surface area contributed by atoms with Crippen molar-refractivity contribution in [3.63, 3.8) is 0 Å². The number of aryl methyl sites for hydroxylation is 2. The number of hydrogen-bond donors (Lipinski definition) is 1. The van der Waals surface area contributed by atoms with Crippen molar-refractivity contribution in [1.29, 1.82) is 0 Å². The first kappa shape index (κ1) is 22.6. The lowest BCUT2D eigenvalue weighted by molar-refractivity contribution is 0.256. The van der Waals surface area contributed by atoms with Crippen LogP contribution in [-0.2, 0) is 13.0 Å². The summed E-state index contributed by atoms with van der Waals surface area (Å²) in [4.78, 5) is 9.86. The first-order chi connectivity index (χ1) is 15.7. The fraction of sp³-hybridized carbons (Fsp3) is 0.444. The van der Waals surface area contributed by atoms with E-state index in [1.54, 1.807) is 0 Å². The first-order valence-electron chi connectivity index (χ1n) is 11.9. The van der Waals surface area contributed by atoms with Crippen LogP contribution >= 0.6 is 0 Å². The van der Waals surface area contributed by atoms with Crippen molar-refractivity contribution in [2.75, 3.05) is 44.2 Å². The zero-order valence-corrected chi connectivity index (χ0v) is 19.7. The summed E-state index contributed by atoms with van der Waals surface area (Å²) in [5.74, 6) is 1.78. The van der Waals surface area contributed by atoms with Crippen LogP contribution in [-0.4, -0.2) is 49.2 Å². The van der Waals surface area contributed by atoms with Gasteiger partial charge in [0.15, 0.2) is 0 Å². The third-order valence-corrected chi connectivity index (χ3v) is 6.44. The summed E-state index contributed by atoms with van der Waals surface area (Å²) >= 11 is 0. The monoisotopic (exact) mass is 432 g/mol. The molecule has 5 heteroatoms.